The van der Waals surface area contributed by atoms with Crippen molar-refractivity contribution in [1.82, 2.24) is 30.1 Å². The van der Waals surface area contributed by atoms with Crippen LogP contribution in [-0.2, 0) is 0 Å². The quantitative estimate of drug-likeness (QED) is 0.789. The lowest BCUT2D eigenvalue weighted by Gasteiger charge is -2.30. The van der Waals surface area contributed by atoms with Gasteiger partial charge in [-0.15, -0.1) is 0 Å². The molecule has 7 heteroatoms. The molecular formula is C18H22N6O. The number of piperazine rings is 1. The van der Waals surface area contributed by atoms with Gasteiger partial charge in [-0.2, -0.15) is 10.1 Å². The summed E-state index contributed by atoms with van der Waals surface area (Å²) in [7, 11) is 2.09. The van der Waals surface area contributed by atoms with E-state index >= 15 is 0 Å². The Morgan fingerprint density at radius 2 is 2.00 bits per heavy atom. The van der Waals surface area contributed by atoms with Gasteiger partial charge in [0.2, 0.25) is 0 Å². The van der Waals surface area contributed by atoms with Crippen LogP contribution in [-0.4, -0.2) is 51.5 Å². The number of hydrogen-bond donors (Lipinski definition) is 1. The van der Waals surface area contributed by atoms with E-state index in [0.717, 1.165) is 48.1 Å². The number of hydrogen-bond acceptors (Lipinski definition) is 6. The van der Waals surface area contributed by atoms with Crippen molar-refractivity contribution in [2.24, 2.45) is 0 Å². The molecule has 1 aromatic carbocycles. The first-order chi connectivity index (χ1) is 12.1. The predicted octanol–water partition coefficient (Wildman–Crippen LogP) is 2.12. The van der Waals surface area contributed by atoms with Crippen molar-refractivity contribution in [1.29, 1.82) is 0 Å². The molecule has 25 heavy (non-hydrogen) atoms. The second kappa shape index (κ2) is 6.42. The molecule has 1 fully saturated rings. The van der Waals surface area contributed by atoms with Crippen LogP contribution in [0.2, 0.25) is 0 Å². The van der Waals surface area contributed by atoms with Crippen LogP contribution in [0.15, 0.2) is 34.9 Å². The molecule has 0 saturated carbocycles. The molecule has 0 spiro atoms. The molecule has 3 aromatic rings. The lowest BCUT2D eigenvalue weighted by molar-refractivity contribution is 0.190. The zero-order chi connectivity index (χ0) is 17.4. The Hall–Kier alpha value is -2.51. The first kappa shape index (κ1) is 16.0. The number of aryl methyl sites for hydroxylation is 1. The molecule has 4 rings (SSSR count). The van der Waals surface area contributed by atoms with Gasteiger partial charge in [0.05, 0.1) is 28.7 Å². The van der Waals surface area contributed by atoms with Gasteiger partial charge in [-0.25, -0.2) is 4.68 Å². The van der Waals surface area contributed by atoms with Gasteiger partial charge < -0.3 is 9.84 Å². The van der Waals surface area contributed by atoms with Crippen LogP contribution in [0.5, 0.6) is 0 Å². The van der Waals surface area contributed by atoms with E-state index in [1.165, 1.54) is 0 Å². The first-order valence-electron chi connectivity index (χ1n) is 8.51. The van der Waals surface area contributed by atoms with Crippen molar-refractivity contribution in [3.63, 3.8) is 0 Å². The number of para-hydroxylation sites is 1. The minimum atomic E-state index is 0.135. The van der Waals surface area contributed by atoms with Crippen LogP contribution in [0.3, 0.4) is 0 Å². The van der Waals surface area contributed by atoms with E-state index in [-0.39, 0.29) is 6.04 Å². The molecule has 0 aliphatic carbocycles. The lowest BCUT2D eigenvalue weighted by Crippen LogP contribution is -2.44. The first-order valence-corrected chi connectivity index (χ1v) is 8.51. The summed E-state index contributed by atoms with van der Waals surface area (Å²) in [5.41, 5.74) is 3.81. The van der Waals surface area contributed by atoms with Gasteiger partial charge in [0.25, 0.3) is 5.89 Å². The topological polar surface area (TPSA) is 72.0 Å². The van der Waals surface area contributed by atoms with Crippen LogP contribution in [0.1, 0.15) is 23.3 Å². The molecule has 130 valence electrons. The van der Waals surface area contributed by atoms with E-state index in [9.17, 15) is 0 Å². The van der Waals surface area contributed by atoms with E-state index in [1.54, 1.807) is 0 Å². The Bertz CT molecular complexity index is 869. The number of rotatable bonds is 3. The molecule has 0 radical (unpaired) electrons. The number of benzene rings is 1. The third-order valence-corrected chi connectivity index (χ3v) is 4.76. The third-order valence-electron chi connectivity index (χ3n) is 4.76. The molecule has 1 N–H and O–H groups in total. The summed E-state index contributed by atoms with van der Waals surface area (Å²) < 4.78 is 7.51. The second-order valence-electron chi connectivity index (χ2n) is 6.45. The van der Waals surface area contributed by atoms with Crippen molar-refractivity contribution in [3.8, 4) is 17.1 Å². The zero-order valence-electron chi connectivity index (χ0n) is 14.7. The zero-order valence-corrected chi connectivity index (χ0v) is 14.7. The van der Waals surface area contributed by atoms with E-state index < -0.39 is 0 Å². The number of likely N-dealkylation sites (N-methyl/N-ethyl adjacent to an activating group) is 1. The molecule has 0 bridgehead atoms. The van der Waals surface area contributed by atoms with Gasteiger partial charge in [-0.3, -0.25) is 4.90 Å². The molecule has 1 aliphatic rings. The largest absolute Gasteiger partial charge is 0.334 e. The van der Waals surface area contributed by atoms with E-state index in [2.05, 4.69) is 32.5 Å². The predicted molar refractivity (Wildman–Crippen MR) is 94.6 cm³/mol. The minimum Gasteiger partial charge on any atom is -0.334 e. The maximum Gasteiger partial charge on any atom is 0.261 e. The molecule has 1 saturated heterocycles. The standard InChI is InChI=1S/C18H22N6O/c1-12-16(13(2)24(21-12)14-7-5-4-6-8-14)18-20-17(22-25-18)15-11-19-9-10-23(15)3/h4-8,15,19H,9-11H2,1-3H3. The van der Waals surface area contributed by atoms with Gasteiger partial charge >= 0.3 is 0 Å². The molecule has 1 atom stereocenters. The molecular weight excluding hydrogens is 316 g/mol. The molecule has 2 aromatic heterocycles. The Labute approximate surface area is 146 Å². The van der Waals surface area contributed by atoms with Gasteiger partial charge in [-0.05, 0) is 33.0 Å². The fraction of sp³-hybridized carbons (Fsp3) is 0.389. The highest BCUT2D eigenvalue weighted by atomic mass is 16.5. The number of aromatic nitrogens is 4. The average Bonchev–Trinajstić information content (AvgIpc) is 3.20. The fourth-order valence-electron chi connectivity index (χ4n) is 3.34. The molecule has 7 nitrogen and oxygen atoms in total. The van der Waals surface area contributed by atoms with E-state index in [1.807, 2.05) is 48.9 Å². The monoisotopic (exact) mass is 338 g/mol. The van der Waals surface area contributed by atoms with Crippen molar-refractivity contribution in [2.45, 2.75) is 19.9 Å². The number of nitrogens with zero attached hydrogens (tertiary/aromatic N) is 5. The Kier molecular flexibility index (Phi) is 4.10. The van der Waals surface area contributed by atoms with E-state index in [4.69, 9.17) is 4.52 Å². The molecule has 3 heterocycles. The van der Waals surface area contributed by atoms with Gasteiger partial charge in [0.15, 0.2) is 5.82 Å². The number of nitrogens with one attached hydrogen (secondary N) is 1. The Morgan fingerprint density at radius 3 is 2.76 bits per heavy atom. The SMILES string of the molecule is Cc1nn(-c2ccccc2)c(C)c1-c1nc(C2CNCCN2C)no1. The highest BCUT2D eigenvalue weighted by molar-refractivity contribution is 5.61. The van der Waals surface area contributed by atoms with Crippen molar-refractivity contribution < 1.29 is 4.52 Å². The van der Waals surface area contributed by atoms with Gasteiger partial charge in [-0.1, -0.05) is 23.4 Å². The third kappa shape index (κ3) is 2.85. The summed E-state index contributed by atoms with van der Waals surface area (Å²) in [6, 6.07) is 10.2. The van der Waals surface area contributed by atoms with Crippen LogP contribution in [0.25, 0.3) is 17.1 Å². The van der Waals surface area contributed by atoms with E-state index in [0.29, 0.717) is 5.89 Å². The van der Waals surface area contributed by atoms with Gasteiger partial charge in [0, 0.05) is 19.6 Å². The minimum absolute atomic E-state index is 0.135. The van der Waals surface area contributed by atoms with Crippen LogP contribution in [0.4, 0.5) is 0 Å². The molecule has 1 unspecified atom stereocenters. The Balaban J connectivity index is 1.70. The van der Waals surface area contributed by atoms with Crippen molar-refractivity contribution >= 4 is 0 Å². The second-order valence-corrected chi connectivity index (χ2v) is 6.45. The Morgan fingerprint density at radius 1 is 1.20 bits per heavy atom. The summed E-state index contributed by atoms with van der Waals surface area (Å²) >= 11 is 0. The van der Waals surface area contributed by atoms with Crippen LogP contribution < -0.4 is 5.32 Å². The normalized spacial score (nSPS) is 18.6. The maximum atomic E-state index is 5.59. The summed E-state index contributed by atoms with van der Waals surface area (Å²) in [4.78, 5) is 6.92. The summed E-state index contributed by atoms with van der Waals surface area (Å²) in [6.07, 6.45) is 0. The molecule has 0 amide bonds. The highest BCUT2D eigenvalue weighted by Gasteiger charge is 2.27. The average molecular weight is 338 g/mol. The molecule has 1 aliphatic heterocycles. The van der Waals surface area contributed by atoms with Gasteiger partial charge in [0.1, 0.15) is 0 Å². The lowest BCUT2D eigenvalue weighted by atomic mass is 10.2. The van der Waals surface area contributed by atoms with Crippen LogP contribution >= 0.6 is 0 Å². The summed E-state index contributed by atoms with van der Waals surface area (Å²) in [5, 5.41) is 12.3. The highest BCUT2D eigenvalue weighted by Crippen LogP contribution is 2.29. The smallest absolute Gasteiger partial charge is 0.261 e. The van der Waals surface area contributed by atoms with Crippen LogP contribution in [0, 0.1) is 13.8 Å². The van der Waals surface area contributed by atoms with Crippen molar-refractivity contribution in [3.05, 3.63) is 47.5 Å². The maximum absolute atomic E-state index is 5.59. The summed E-state index contributed by atoms with van der Waals surface area (Å²) in [5.74, 6) is 1.25. The summed E-state index contributed by atoms with van der Waals surface area (Å²) in [6.45, 7) is 6.79. The van der Waals surface area contributed by atoms with Crippen molar-refractivity contribution in [2.75, 3.05) is 26.7 Å². The fourth-order valence-corrected chi connectivity index (χ4v) is 3.34.